The van der Waals surface area contributed by atoms with Crippen LogP contribution in [0.5, 0.6) is 0 Å². The van der Waals surface area contributed by atoms with Gasteiger partial charge in [-0.3, -0.25) is 9.59 Å². The van der Waals surface area contributed by atoms with Crippen molar-refractivity contribution in [2.24, 2.45) is 0 Å². The Labute approximate surface area is 155 Å². The molecule has 0 aromatic heterocycles. The Morgan fingerprint density at radius 1 is 1.12 bits per heavy atom. The zero-order valence-corrected chi connectivity index (χ0v) is 15.7. The first-order chi connectivity index (χ1) is 12.5. The highest BCUT2D eigenvalue weighted by atomic mass is 16.5. The van der Waals surface area contributed by atoms with E-state index >= 15 is 0 Å². The van der Waals surface area contributed by atoms with E-state index in [0.29, 0.717) is 17.8 Å². The summed E-state index contributed by atoms with van der Waals surface area (Å²) in [5, 5.41) is 6.02. The molecule has 1 aromatic rings. The first-order valence-electron chi connectivity index (χ1n) is 9.70. The summed E-state index contributed by atoms with van der Waals surface area (Å²) in [6, 6.07) is 7.49. The van der Waals surface area contributed by atoms with Crippen molar-refractivity contribution >= 4 is 17.5 Å². The average Bonchev–Trinajstić information content (AvgIpc) is 3.07. The number of rotatable bonds is 5. The van der Waals surface area contributed by atoms with Crippen LogP contribution in [0, 0.1) is 0 Å². The van der Waals surface area contributed by atoms with E-state index in [1.54, 1.807) is 12.1 Å². The maximum atomic E-state index is 12.6. The van der Waals surface area contributed by atoms with Gasteiger partial charge in [-0.05, 0) is 38.8 Å². The monoisotopic (exact) mass is 360 g/mol. The van der Waals surface area contributed by atoms with E-state index in [0.717, 1.165) is 25.9 Å². The van der Waals surface area contributed by atoms with Crippen LogP contribution in [-0.2, 0) is 9.53 Å². The maximum absolute atomic E-state index is 12.6. The van der Waals surface area contributed by atoms with Gasteiger partial charge in [0.25, 0.3) is 11.8 Å². The highest BCUT2D eigenvalue weighted by molar-refractivity contribution is 6.04. The van der Waals surface area contributed by atoms with E-state index in [4.69, 9.17) is 4.74 Å². The number of amides is 2. The summed E-state index contributed by atoms with van der Waals surface area (Å²) in [5.41, 5.74) is 1.12. The number of nitrogens with one attached hydrogen (secondary N) is 3. The number of carbonyl (C=O) groups excluding carboxylic acids is 2. The number of carbonyl (C=O) groups is 2. The third-order valence-electron chi connectivity index (χ3n) is 5.16. The highest BCUT2D eigenvalue weighted by Gasteiger charge is 2.27. The summed E-state index contributed by atoms with van der Waals surface area (Å²) >= 11 is 0. The van der Waals surface area contributed by atoms with Crippen LogP contribution in [0.25, 0.3) is 0 Å². The molecule has 1 saturated heterocycles. The Morgan fingerprint density at radius 3 is 2.46 bits per heavy atom. The second kappa shape index (κ2) is 8.64. The molecule has 26 heavy (non-hydrogen) atoms. The van der Waals surface area contributed by atoms with Crippen LogP contribution in [0.15, 0.2) is 24.3 Å². The molecule has 2 fully saturated rings. The van der Waals surface area contributed by atoms with Crippen molar-refractivity contribution in [1.29, 1.82) is 0 Å². The van der Waals surface area contributed by atoms with Crippen molar-refractivity contribution in [3.63, 3.8) is 0 Å². The first kappa shape index (κ1) is 18.9. The second-order valence-electron chi connectivity index (χ2n) is 7.64. The lowest BCUT2D eigenvalue weighted by molar-refractivity contribution is -0.907. The fourth-order valence-corrected chi connectivity index (χ4v) is 4.08. The third kappa shape index (κ3) is 5.05. The van der Waals surface area contributed by atoms with Gasteiger partial charge in [0.1, 0.15) is 25.3 Å². The zero-order chi connectivity index (χ0) is 18.5. The van der Waals surface area contributed by atoms with E-state index in [1.165, 1.54) is 17.7 Å². The van der Waals surface area contributed by atoms with Crippen LogP contribution in [-0.4, -0.2) is 49.7 Å². The largest absolute Gasteiger partial charge is 0.364 e. The van der Waals surface area contributed by atoms with Gasteiger partial charge in [-0.2, -0.15) is 0 Å². The number of para-hydroxylation sites is 1. The number of anilines is 1. The molecule has 1 aliphatic heterocycles. The Balaban J connectivity index is 1.60. The Bertz CT molecular complexity index is 633. The van der Waals surface area contributed by atoms with Gasteiger partial charge in [0.15, 0.2) is 6.54 Å². The molecule has 1 aromatic carbocycles. The Kier molecular flexibility index (Phi) is 6.27. The smallest absolute Gasteiger partial charge is 0.279 e. The molecule has 3 rings (SSSR count). The number of benzene rings is 1. The lowest BCUT2D eigenvalue weighted by atomic mass is 10.1. The van der Waals surface area contributed by atoms with Crippen molar-refractivity contribution in [2.45, 2.75) is 57.8 Å². The van der Waals surface area contributed by atoms with E-state index in [9.17, 15) is 9.59 Å². The van der Waals surface area contributed by atoms with Crippen LogP contribution < -0.4 is 15.5 Å². The van der Waals surface area contributed by atoms with Gasteiger partial charge in [-0.1, -0.05) is 25.0 Å². The lowest BCUT2D eigenvalue weighted by Gasteiger charge is -2.31. The van der Waals surface area contributed by atoms with Crippen molar-refractivity contribution in [1.82, 2.24) is 5.32 Å². The van der Waals surface area contributed by atoms with Crippen LogP contribution in [0.2, 0.25) is 0 Å². The molecule has 3 atom stereocenters. The summed E-state index contributed by atoms with van der Waals surface area (Å²) in [4.78, 5) is 26.3. The fourth-order valence-electron chi connectivity index (χ4n) is 4.08. The Hall–Kier alpha value is -1.92. The topological polar surface area (TPSA) is 71.9 Å². The second-order valence-corrected chi connectivity index (χ2v) is 7.64. The molecular formula is C20H30N3O3+. The normalized spacial score (nSPS) is 26.5. The molecule has 142 valence electrons. The SMILES string of the molecule is C[C@@H]1C[NH+](CC(=O)Nc2ccccc2C(=O)NC2CCCC2)C[C@H](C)O1. The van der Waals surface area contributed by atoms with E-state index in [2.05, 4.69) is 10.6 Å². The summed E-state index contributed by atoms with van der Waals surface area (Å²) in [6.45, 7) is 6.10. The van der Waals surface area contributed by atoms with Gasteiger partial charge in [-0.25, -0.2) is 0 Å². The van der Waals surface area contributed by atoms with Gasteiger partial charge >= 0.3 is 0 Å². The summed E-state index contributed by atoms with van der Waals surface area (Å²) in [6.07, 6.45) is 4.73. The van der Waals surface area contributed by atoms with Gasteiger partial charge in [0, 0.05) is 6.04 Å². The average molecular weight is 360 g/mol. The number of hydrogen-bond acceptors (Lipinski definition) is 3. The molecule has 3 N–H and O–H groups in total. The van der Waals surface area contributed by atoms with Crippen molar-refractivity contribution in [3.05, 3.63) is 29.8 Å². The number of ether oxygens (including phenoxy) is 1. The van der Waals surface area contributed by atoms with E-state index in [1.807, 2.05) is 26.0 Å². The summed E-state index contributed by atoms with van der Waals surface area (Å²) < 4.78 is 5.72. The first-order valence-corrected chi connectivity index (χ1v) is 9.70. The molecular weight excluding hydrogens is 330 g/mol. The fraction of sp³-hybridized carbons (Fsp3) is 0.600. The van der Waals surface area contributed by atoms with Crippen molar-refractivity contribution < 1.29 is 19.2 Å². The quantitative estimate of drug-likeness (QED) is 0.733. The molecule has 2 amide bonds. The molecule has 6 heteroatoms. The predicted molar refractivity (Wildman–Crippen MR) is 100 cm³/mol. The summed E-state index contributed by atoms with van der Waals surface area (Å²) in [7, 11) is 0. The number of quaternary nitrogens is 1. The molecule has 1 heterocycles. The molecule has 1 unspecified atom stereocenters. The Morgan fingerprint density at radius 2 is 1.77 bits per heavy atom. The highest BCUT2D eigenvalue weighted by Crippen LogP contribution is 2.20. The van der Waals surface area contributed by atoms with E-state index in [-0.39, 0.29) is 30.1 Å². The lowest BCUT2D eigenvalue weighted by Crippen LogP contribution is -3.16. The minimum absolute atomic E-state index is 0.0672. The minimum atomic E-state index is -0.103. The zero-order valence-electron chi connectivity index (χ0n) is 15.7. The van der Waals surface area contributed by atoms with E-state index < -0.39 is 0 Å². The molecule has 0 bridgehead atoms. The number of hydrogen-bond donors (Lipinski definition) is 3. The van der Waals surface area contributed by atoms with Gasteiger partial charge in [0.05, 0.1) is 11.3 Å². The van der Waals surface area contributed by atoms with Crippen LogP contribution in [0.1, 0.15) is 49.9 Å². The molecule has 0 radical (unpaired) electrons. The molecule has 1 saturated carbocycles. The van der Waals surface area contributed by atoms with Gasteiger partial charge in [-0.15, -0.1) is 0 Å². The molecule has 6 nitrogen and oxygen atoms in total. The van der Waals surface area contributed by atoms with Crippen LogP contribution in [0.4, 0.5) is 5.69 Å². The standard InChI is InChI=1S/C20H29N3O3/c1-14-11-23(12-15(2)26-14)13-19(24)22-18-10-6-5-9-17(18)20(25)21-16-7-3-4-8-16/h5-6,9-10,14-16H,3-4,7-8,11-13H2,1-2H3,(H,21,25)(H,22,24)/p+1/t14-,15+. The number of morpholine rings is 1. The maximum Gasteiger partial charge on any atom is 0.279 e. The van der Waals surface area contributed by atoms with Crippen LogP contribution in [0.3, 0.4) is 0 Å². The predicted octanol–water partition coefficient (Wildman–Crippen LogP) is 0.990. The third-order valence-corrected chi connectivity index (χ3v) is 5.16. The van der Waals surface area contributed by atoms with Gasteiger partial charge in [0.2, 0.25) is 0 Å². The molecule has 0 spiro atoms. The molecule has 1 aliphatic carbocycles. The van der Waals surface area contributed by atoms with Gasteiger partial charge < -0.3 is 20.3 Å². The molecule has 2 aliphatic rings. The minimum Gasteiger partial charge on any atom is -0.364 e. The van der Waals surface area contributed by atoms with Crippen molar-refractivity contribution in [3.8, 4) is 0 Å². The summed E-state index contributed by atoms with van der Waals surface area (Å²) in [5.74, 6) is -0.170. The van der Waals surface area contributed by atoms with Crippen LogP contribution >= 0.6 is 0 Å². The van der Waals surface area contributed by atoms with Crippen molar-refractivity contribution in [2.75, 3.05) is 25.0 Å².